The average molecular weight is 258 g/mol. The van der Waals surface area contributed by atoms with E-state index in [9.17, 15) is 8.78 Å². The van der Waals surface area contributed by atoms with Crippen LogP contribution in [0.1, 0.15) is 17.2 Å². The van der Waals surface area contributed by atoms with E-state index in [4.69, 9.17) is 21.8 Å². The SMILES string of the molecule is NC(Cc1ccc(F)c(F)c1)c1ccoc1Cl. The fraction of sp³-hybridized carbons (Fsp3) is 0.167. The van der Waals surface area contributed by atoms with E-state index in [1.807, 2.05) is 0 Å². The monoisotopic (exact) mass is 257 g/mol. The minimum Gasteiger partial charge on any atom is -0.453 e. The van der Waals surface area contributed by atoms with Gasteiger partial charge in [0.2, 0.25) is 0 Å². The van der Waals surface area contributed by atoms with Crippen LogP contribution >= 0.6 is 11.6 Å². The lowest BCUT2D eigenvalue weighted by molar-refractivity contribution is 0.506. The number of rotatable bonds is 3. The van der Waals surface area contributed by atoms with E-state index in [2.05, 4.69) is 0 Å². The van der Waals surface area contributed by atoms with Crippen LogP contribution < -0.4 is 5.73 Å². The molecule has 2 rings (SSSR count). The van der Waals surface area contributed by atoms with Crippen molar-refractivity contribution in [2.24, 2.45) is 5.73 Å². The van der Waals surface area contributed by atoms with Crippen molar-refractivity contribution in [2.75, 3.05) is 0 Å². The van der Waals surface area contributed by atoms with Crippen LogP contribution in [0.25, 0.3) is 0 Å². The second-order valence-electron chi connectivity index (χ2n) is 3.71. The molecule has 0 aliphatic heterocycles. The molecule has 0 saturated carbocycles. The summed E-state index contributed by atoms with van der Waals surface area (Å²) in [5, 5.41) is 0.222. The fourth-order valence-electron chi connectivity index (χ4n) is 1.60. The van der Waals surface area contributed by atoms with Gasteiger partial charge in [0, 0.05) is 11.6 Å². The van der Waals surface area contributed by atoms with Gasteiger partial charge >= 0.3 is 0 Å². The second-order valence-corrected chi connectivity index (χ2v) is 4.05. The highest BCUT2D eigenvalue weighted by molar-refractivity contribution is 6.29. The first kappa shape index (κ1) is 12.1. The minimum atomic E-state index is -0.881. The minimum absolute atomic E-state index is 0.222. The summed E-state index contributed by atoms with van der Waals surface area (Å²) < 4.78 is 30.6. The molecule has 5 heteroatoms. The first-order valence-electron chi connectivity index (χ1n) is 5.00. The molecule has 0 spiro atoms. The van der Waals surface area contributed by atoms with Crippen LogP contribution in [-0.2, 0) is 6.42 Å². The molecule has 2 aromatic rings. The Balaban J connectivity index is 2.16. The number of nitrogens with two attached hydrogens (primary N) is 1. The van der Waals surface area contributed by atoms with Crippen molar-refractivity contribution in [3.8, 4) is 0 Å². The summed E-state index contributed by atoms with van der Waals surface area (Å²) in [5.41, 5.74) is 7.15. The molecule has 0 amide bonds. The Bertz CT molecular complexity index is 527. The zero-order chi connectivity index (χ0) is 12.4. The Kier molecular flexibility index (Phi) is 3.45. The van der Waals surface area contributed by atoms with Gasteiger partial charge in [-0.2, -0.15) is 0 Å². The highest BCUT2D eigenvalue weighted by Gasteiger charge is 2.14. The van der Waals surface area contributed by atoms with Crippen molar-refractivity contribution in [3.05, 3.63) is 58.5 Å². The molecular formula is C12H10ClF2NO. The molecule has 2 nitrogen and oxygen atoms in total. The molecule has 0 saturated heterocycles. The van der Waals surface area contributed by atoms with E-state index in [0.717, 1.165) is 12.1 Å². The number of halogens is 3. The first-order chi connectivity index (χ1) is 8.08. The lowest BCUT2D eigenvalue weighted by Gasteiger charge is -2.10. The third-order valence-corrected chi connectivity index (χ3v) is 2.79. The highest BCUT2D eigenvalue weighted by atomic mass is 35.5. The zero-order valence-electron chi connectivity index (χ0n) is 8.79. The summed E-state index contributed by atoms with van der Waals surface area (Å²) in [4.78, 5) is 0. The van der Waals surface area contributed by atoms with Crippen LogP contribution in [0.2, 0.25) is 5.22 Å². The molecule has 0 aliphatic carbocycles. The predicted molar refractivity (Wildman–Crippen MR) is 60.7 cm³/mol. The van der Waals surface area contributed by atoms with E-state index >= 15 is 0 Å². The molecule has 90 valence electrons. The van der Waals surface area contributed by atoms with Crippen molar-refractivity contribution in [2.45, 2.75) is 12.5 Å². The third-order valence-electron chi connectivity index (χ3n) is 2.49. The number of hydrogen-bond acceptors (Lipinski definition) is 2. The molecule has 1 unspecified atom stereocenters. The van der Waals surface area contributed by atoms with Crippen LogP contribution in [0, 0.1) is 11.6 Å². The van der Waals surface area contributed by atoms with E-state index in [1.54, 1.807) is 6.07 Å². The summed E-state index contributed by atoms with van der Waals surface area (Å²) in [5.74, 6) is -1.75. The van der Waals surface area contributed by atoms with E-state index in [0.29, 0.717) is 17.5 Å². The fourth-order valence-corrected chi connectivity index (χ4v) is 1.86. The van der Waals surface area contributed by atoms with Gasteiger partial charge in [0.05, 0.1) is 6.26 Å². The van der Waals surface area contributed by atoms with Crippen molar-refractivity contribution in [1.29, 1.82) is 0 Å². The topological polar surface area (TPSA) is 39.2 Å². The molecule has 0 bridgehead atoms. The van der Waals surface area contributed by atoms with Crippen molar-refractivity contribution in [1.82, 2.24) is 0 Å². The molecule has 0 aliphatic rings. The van der Waals surface area contributed by atoms with Crippen molar-refractivity contribution < 1.29 is 13.2 Å². The number of hydrogen-bond donors (Lipinski definition) is 1. The Hall–Kier alpha value is -1.39. The van der Waals surface area contributed by atoms with Gasteiger partial charge in [-0.3, -0.25) is 0 Å². The molecule has 0 radical (unpaired) electrons. The maximum Gasteiger partial charge on any atom is 0.197 e. The lowest BCUT2D eigenvalue weighted by Crippen LogP contribution is -2.13. The first-order valence-corrected chi connectivity index (χ1v) is 5.38. The van der Waals surface area contributed by atoms with Crippen LogP contribution in [-0.4, -0.2) is 0 Å². The lowest BCUT2D eigenvalue weighted by atomic mass is 10.0. The second kappa shape index (κ2) is 4.85. The molecule has 1 aromatic carbocycles. The van der Waals surface area contributed by atoms with Gasteiger partial charge in [-0.1, -0.05) is 6.07 Å². The molecule has 1 heterocycles. The van der Waals surface area contributed by atoms with Gasteiger partial charge in [-0.05, 0) is 41.8 Å². The molecule has 0 fully saturated rings. The Morgan fingerprint density at radius 2 is 2.00 bits per heavy atom. The normalized spacial score (nSPS) is 12.7. The van der Waals surface area contributed by atoms with E-state index in [-0.39, 0.29) is 5.22 Å². The van der Waals surface area contributed by atoms with Crippen LogP contribution in [0.15, 0.2) is 34.9 Å². The number of furan rings is 1. The summed E-state index contributed by atoms with van der Waals surface area (Å²) in [7, 11) is 0. The quantitative estimate of drug-likeness (QED) is 0.915. The standard InChI is InChI=1S/C12H10ClF2NO/c13-12-8(3-4-17-12)11(16)6-7-1-2-9(14)10(15)5-7/h1-5,11H,6,16H2. The summed E-state index contributed by atoms with van der Waals surface area (Å²) in [6, 6.07) is 4.95. The van der Waals surface area contributed by atoms with Crippen molar-refractivity contribution in [3.63, 3.8) is 0 Å². The van der Waals surface area contributed by atoms with Gasteiger partial charge < -0.3 is 10.2 Å². The molecule has 17 heavy (non-hydrogen) atoms. The summed E-state index contributed by atoms with van der Waals surface area (Å²) in [6.07, 6.45) is 1.79. The Labute approximate surface area is 102 Å². The smallest absolute Gasteiger partial charge is 0.197 e. The van der Waals surface area contributed by atoms with Gasteiger partial charge in [0.1, 0.15) is 0 Å². The van der Waals surface area contributed by atoms with Gasteiger partial charge in [0.25, 0.3) is 0 Å². The third kappa shape index (κ3) is 2.65. The van der Waals surface area contributed by atoms with Gasteiger partial charge in [0.15, 0.2) is 16.9 Å². The van der Waals surface area contributed by atoms with Gasteiger partial charge in [-0.25, -0.2) is 8.78 Å². The largest absolute Gasteiger partial charge is 0.453 e. The molecule has 1 atom stereocenters. The highest BCUT2D eigenvalue weighted by Crippen LogP contribution is 2.25. The van der Waals surface area contributed by atoms with Crippen LogP contribution in [0.5, 0.6) is 0 Å². The summed E-state index contributed by atoms with van der Waals surface area (Å²) in [6.45, 7) is 0. The van der Waals surface area contributed by atoms with Gasteiger partial charge in [-0.15, -0.1) is 0 Å². The number of benzene rings is 1. The van der Waals surface area contributed by atoms with E-state index in [1.165, 1.54) is 12.3 Å². The van der Waals surface area contributed by atoms with E-state index < -0.39 is 17.7 Å². The predicted octanol–water partition coefficient (Wildman–Crippen LogP) is 3.45. The summed E-state index contributed by atoms with van der Waals surface area (Å²) >= 11 is 5.78. The molecule has 1 aromatic heterocycles. The molecule has 2 N–H and O–H groups in total. The average Bonchev–Trinajstić information content (AvgIpc) is 2.70. The van der Waals surface area contributed by atoms with Crippen LogP contribution in [0.3, 0.4) is 0 Å². The molecular weight excluding hydrogens is 248 g/mol. The Morgan fingerprint density at radius 3 is 2.59 bits per heavy atom. The zero-order valence-corrected chi connectivity index (χ0v) is 9.55. The van der Waals surface area contributed by atoms with Crippen LogP contribution in [0.4, 0.5) is 8.78 Å². The maximum atomic E-state index is 13.0. The maximum absolute atomic E-state index is 13.0. The van der Waals surface area contributed by atoms with Crippen molar-refractivity contribution >= 4 is 11.6 Å². The Morgan fingerprint density at radius 1 is 1.24 bits per heavy atom.